The summed E-state index contributed by atoms with van der Waals surface area (Å²) in [6.45, 7) is 2.10. The lowest BCUT2D eigenvalue weighted by Gasteiger charge is -2.01. The molecule has 0 radical (unpaired) electrons. The van der Waals surface area contributed by atoms with Crippen LogP contribution in [0.4, 0.5) is 4.39 Å². The van der Waals surface area contributed by atoms with E-state index in [1.54, 1.807) is 11.4 Å². The van der Waals surface area contributed by atoms with E-state index in [2.05, 4.69) is 34.6 Å². The van der Waals surface area contributed by atoms with Crippen LogP contribution >= 0.6 is 11.3 Å². The fourth-order valence-corrected chi connectivity index (χ4v) is 3.19. The van der Waals surface area contributed by atoms with Gasteiger partial charge in [-0.25, -0.2) is 14.8 Å². The first-order valence-electron chi connectivity index (χ1n) is 8.32. The number of aryl methyl sites for hydroxylation is 1. The SMILES string of the molecule is CCc1ccc(-c2nc(C(=O)N/N=C\c3ccc(OC)c(F)c3)cs2)cc1. The van der Waals surface area contributed by atoms with Crippen LogP contribution in [0.25, 0.3) is 10.6 Å². The predicted molar refractivity (Wildman–Crippen MR) is 105 cm³/mol. The second kappa shape index (κ2) is 8.55. The zero-order valence-electron chi connectivity index (χ0n) is 14.9. The summed E-state index contributed by atoms with van der Waals surface area (Å²) in [6, 6.07) is 12.5. The zero-order chi connectivity index (χ0) is 19.2. The number of methoxy groups -OCH3 is 1. The molecule has 0 saturated heterocycles. The minimum atomic E-state index is -0.494. The Bertz CT molecular complexity index is 968. The van der Waals surface area contributed by atoms with Gasteiger partial charge in [0.05, 0.1) is 13.3 Å². The van der Waals surface area contributed by atoms with Crippen molar-refractivity contribution in [1.29, 1.82) is 0 Å². The first-order chi connectivity index (χ1) is 13.1. The number of hydrogen-bond acceptors (Lipinski definition) is 5. The highest BCUT2D eigenvalue weighted by molar-refractivity contribution is 7.13. The largest absolute Gasteiger partial charge is 0.494 e. The molecule has 1 heterocycles. The van der Waals surface area contributed by atoms with Gasteiger partial charge in [0.15, 0.2) is 11.6 Å². The van der Waals surface area contributed by atoms with Gasteiger partial charge in [0.1, 0.15) is 10.7 Å². The van der Waals surface area contributed by atoms with Gasteiger partial charge in [0.2, 0.25) is 0 Å². The van der Waals surface area contributed by atoms with Crippen LogP contribution in [0.1, 0.15) is 28.5 Å². The van der Waals surface area contributed by atoms with Crippen LogP contribution < -0.4 is 10.2 Å². The summed E-state index contributed by atoms with van der Waals surface area (Å²) in [5.74, 6) is -0.767. The van der Waals surface area contributed by atoms with Gasteiger partial charge in [0, 0.05) is 10.9 Å². The minimum Gasteiger partial charge on any atom is -0.494 e. The second-order valence-electron chi connectivity index (χ2n) is 5.68. The number of nitrogens with zero attached hydrogens (tertiary/aromatic N) is 2. The number of carbonyl (C=O) groups excluding carboxylic acids is 1. The fraction of sp³-hybridized carbons (Fsp3) is 0.150. The molecule has 1 aromatic heterocycles. The maximum atomic E-state index is 13.6. The normalized spacial score (nSPS) is 10.9. The molecule has 0 spiro atoms. The van der Waals surface area contributed by atoms with E-state index in [-0.39, 0.29) is 11.4 Å². The van der Waals surface area contributed by atoms with Gasteiger partial charge < -0.3 is 4.74 Å². The molecule has 0 aliphatic rings. The van der Waals surface area contributed by atoms with E-state index in [0.29, 0.717) is 5.56 Å². The number of aromatic nitrogens is 1. The van der Waals surface area contributed by atoms with Crippen molar-refractivity contribution in [1.82, 2.24) is 10.4 Å². The molecule has 0 atom stereocenters. The summed E-state index contributed by atoms with van der Waals surface area (Å²) in [4.78, 5) is 16.5. The third-order valence-electron chi connectivity index (χ3n) is 3.90. The predicted octanol–water partition coefficient (Wildman–Crippen LogP) is 4.28. The van der Waals surface area contributed by atoms with Gasteiger partial charge in [-0.3, -0.25) is 4.79 Å². The van der Waals surface area contributed by atoms with Gasteiger partial charge in [0.25, 0.3) is 5.91 Å². The molecule has 0 unspecified atom stereocenters. The maximum absolute atomic E-state index is 13.6. The zero-order valence-corrected chi connectivity index (χ0v) is 15.7. The molecule has 3 aromatic rings. The molecule has 0 aliphatic carbocycles. The number of ether oxygens (including phenoxy) is 1. The number of hydrazone groups is 1. The number of hydrogen-bond donors (Lipinski definition) is 1. The number of benzene rings is 2. The van der Waals surface area contributed by atoms with Gasteiger partial charge >= 0.3 is 0 Å². The summed E-state index contributed by atoms with van der Waals surface area (Å²) in [6.07, 6.45) is 2.33. The van der Waals surface area contributed by atoms with Crippen molar-refractivity contribution in [2.45, 2.75) is 13.3 Å². The molecular formula is C20H18FN3O2S. The second-order valence-corrected chi connectivity index (χ2v) is 6.54. The summed E-state index contributed by atoms with van der Waals surface area (Å²) >= 11 is 1.39. The lowest BCUT2D eigenvalue weighted by Crippen LogP contribution is -2.17. The van der Waals surface area contributed by atoms with Crippen molar-refractivity contribution in [3.8, 4) is 16.3 Å². The molecule has 1 N–H and O–H groups in total. The molecule has 5 nitrogen and oxygen atoms in total. The highest BCUT2D eigenvalue weighted by atomic mass is 32.1. The monoisotopic (exact) mass is 383 g/mol. The lowest BCUT2D eigenvalue weighted by molar-refractivity contribution is 0.0951. The van der Waals surface area contributed by atoms with Crippen molar-refractivity contribution in [3.05, 3.63) is 70.5 Å². The molecule has 1 amide bonds. The van der Waals surface area contributed by atoms with E-state index in [4.69, 9.17) is 4.74 Å². The first kappa shape index (κ1) is 18.7. The summed E-state index contributed by atoms with van der Waals surface area (Å²) in [7, 11) is 1.40. The van der Waals surface area contributed by atoms with Crippen LogP contribution in [-0.4, -0.2) is 24.2 Å². The van der Waals surface area contributed by atoms with Gasteiger partial charge in [-0.05, 0) is 35.7 Å². The number of rotatable bonds is 6. The van der Waals surface area contributed by atoms with Crippen LogP contribution in [0.2, 0.25) is 0 Å². The topological polar surface area (TPSA) is 63.6 Å². The Balaban J connectivity index is 1.64. The third kappa shape index (κ3) is 4.57. The molecule has 27 heavy (non-hydrogen) atoms. The molecule has 0 fully saturated rings. The van der Waals surface area contributed by atoms with Gasteiger partial charge in [-0.1, -0.05) is 31.2 Å². The number of amides is 1. The van der Waals surface area contributed by atoms with Crippen molar-refractivity contribution >= 4 is 23.5 Å². The smallest absolute Gasteiger partial charge is 0.290 e. The molecule has 0 saturated carbocycles. The highest BCUT2D eigenvalue weighted by Gasteiger charge is 2.11. The van der Waals surface area contributed by atoms with Gasteiger partial charge in [-0.15, -0.1) is 11.3 Å². The van der Waals surface area contributed by atoms with Crippen LogP contribution in [0.3, 0.4) is 0 Å². The Labute approximate surface area is 160 Å². The number of thiazole rings is 1. The van der Waals surface area contributed by atoms with Crippen LogP contribution in [0, 0.1) is 5.82 Å². The molecule has 7 heteroatoms. The highest BCUT2D eigenvalue weighted by Crippen LogP contribution is 2.24. The fourth-order valence-electron chi connectivity index (χ4n) is 2.38. The number of nitrogens with one attached hydrogen (secondary N) is 1. The Morgan fingerprint density at radius 1 is 1.30 bits per heavy atom. The molecular weight excluding hydrogens is 365 g/mol. The molecule has 0 aliphatic heterocycles. The Morgan fingerprint density at radius 2 is 2.07 bits per heavy atom. The van der Waals surface area contributed by atoms with Crippen molar-refractivity contribution in [3.63, 3.8) is 0 Å². The van der Waals surface area contributed by atoms with Crippen LogP contribution in [0.15, 0.2) is 52.9 Å². The summed E-state index contributed by atoms with van der Waals surface area (Å²) in [5, 5.41) is 6.30. The van der Waals surface area contributed by atoms with E-state index in [9.17, 15) is 9.18 Å². The average molecular weight is 383 g/mol. The summed E-state index contributed by atoms with van der Waals surface area (Å²) in [5.41, 5.74) is 5.40. The Morgan fingerprint density at radius 3 is 2.74 bits per heavy atom. The molecule has 0 bridgehead atoms. The van der Waals surface area contributed by atoms with E-state index in [1.165, 1.54) is 42.4 Å². The summed E-state index contributed by atoms with van der Waals surface area (Å²) < 4.78 is 18.5. The standard InChI is InChI=1S/C20H18FN3O2S/c1-3-13-4-7-15(8-5-13)20-23-17(12-27-20)19(25)24-22-11-14-6-9-18(26-2)16(21)10-14/h4-12H,3H2,1-2H3,(H,24,25)/b22-11-. The van der Waals surface area contributed by atoms with E-state index < -0.39 is 11.7 Å². The Kier molecular flexibility index (Phi) is 5.93. The first-order valence-corrected chi connectivity index (χ1v) is 9.20. The molecule has 3 rings (SSSR count). The number of halogens is 1. The third-order valence-corrected chi connectivity index (χ3v) is 4.79. The van der Waals surface area contributed by atoms with Crippen LogP contribution in [0.5, 0.6) is 5.75 Å². The van der Waals surface area contributed by atoms with Crippen molar-refractivity contribution in [2.24, 2.45) is 5.10 Å². The van der Waals surface area contributed by atoms with Crippen LogP contribution in [-0.2, 0) is 6.42 Å². The lowest BCUT2D eigenvalue weighted by atomic mass is 10.1. The van der Waals surface area contributed by atoms with Crippen molar-refractivity contribution in [2.75, 3.05) is 7.11 Å². The Hall–Kier alpha value is -3.06. The van der Waals surface area contributed by atoms with Gasteiger partial charge in [-0.2, -0.15) is 5.10 Å². The minimum absolute atomic E-state index is 0.151. The van der Waals surface area contributed by atoms with E-state index in [0.717, 1.165) is 17.0 Å². The van der Waals surface area contributed by atoms with E-state index >= 15 is 0 Å². The quantitative estimate of drug-likeness (QED) is 0.510. The maximum Gasteiger partial charge on any atom is 0.290 e. The molecule has 2 aromatic carbocycles. The van der Waals surface area contributed by atoms with Crippen molar-refractivity contribution < 1.29 is 13.9 Å². The molecule has 138 valence electrons. The van der Waals surface area contributed by atoms with E-state index in [1.807, 2.05) is 12.1 Å². The number of carbonyl (C=O) groups is 1. The average Bonchev–Trinajstić information content (AvgIpc) is 3.18.